The summed E-state index contributed by atoms with van der Waals surface area (Å²) in [6, 6.07) is 5.80. The number of pyridine rings is 1. The smallest absolute Gasteiger partial charge is 0.258 e. The topological polar surface area (TPSA) is 78.0 Å². The van der Waals surface area contributed by atoms with Gasteiger partial charge in [0.05, 0.1) is 11.7 Å². The Hall–Kier alpha value is -2.22. The van der Waals surface area contributed by atoms with Crippen molar-refractivity contribution in [3.8, 4) is 0 Å². The van der Waals surface area contributed by atoms with Gasteiger partial charge in [-0.25, -0.2) is 9.67 Å². The van der Waals surface area contributed by atoms with E-state index in [0.717, 1.165) is 29.3 Å². The first kappa shape index (κ1) is 15.3. The second-order valence-electron chi connectivity index (χ2n) is 6.10. The Labute approximate surface area is 143 Å². The van der Waals surface area contributed by atoms with Crippen molar-refractivity contribution in [3.63, 3.8) is 0 Å². The van der Waals surface area contributed by atoms with Gasteiger partial charge in [-0.15, -0.1) is 5.10 Å². The molecule has 0 unspecified atom stereocenters. The Bertz CT molecular complexity index is 928. The summed E-state index contributed by atoms with van der Waals surface area (Å²) in [5.41, 5.74) is 2.38. The molecule has 24 heavy (non-hydrogen) atoms. The van der Waals surface area contributed by atoms with Crippen LogP contribution >= 0.6 is 11.8 Å². The number of rotatable bonds is 4. The molecule has 8 heteroatoms. The number of thioether (sulfide) groups is 1. The monoisotopic (exact) mass is 342 g/mol. The fourth-order valence-electron chi connectivity index (χ4n) is 3.18. The van der Waals surface area contributed by atoms with Gasteiger partial charge < -0.3 is 0 Å². The molecule has 3 aromatic heterocycles. The van der Waals surface area contributed by atoms with Crippen LogP contribution in [0.4, 0.5) is 0 Å². The molecule has 0 bridgehead atoms. The van der Waals surface area contributed by atoms with Gasteiger partial charge in [-0.05, 0) is 41.8 Å². The normalized spacial score (nSPS) is 15.4. The summed E-state index contributed by atoms with van der Waals surface area (Å²) < 4.78 is 3.50. The zero-order valence-corrected chi connectivity index (χ0v) is 14.2. The molecular weight excluding hydrogens is 324 g/mol. The van der Waals surface area contributed by atoms with Gasteiger partial charge in [0, 0.05) is 18.0 Å². The van der Waals surface area contributed by atoms with Crippen molar-refractivity contribution in [1.82, 2.24) is 29.6 Å². The zero-order chi connectivity index (χ0) is 16.5. The van der Waals surface area contributed by atoms with Crippen molar-refractivity contribution in [2.24, 2.45) is 0 Å². The lowest BCUT2D eigenvalue weighted by molar-refractivity contribution is 0.423. The van der Waals surface area contributed by atoms with Crippen molar-refractivity contribution in [3.05, 3.63) is 46.0 Å². The third-order valence-electron chi connectivity index (χ3n) is 4.42. The molecule has 1 fully saturated rings. The first-order chi connectivity index (χ1) is 11.7. The quantitative estimate of drug-likeness (QED) is 0.678. The van der Waals surface area contributed by atoms with E-state index < -0.39 is 0 Å². The van der Waals surface area contributed by atoms with Crippen LogP contribution < -0.4 is 5.56 Å². The lowest BCUT2D eigenvalue weighted by Gasteiger charge is -2.10. The van der Waals surface area contributed by atoms with E-state index in [0.29, 0.717) is 17.4 Å². The molecule has 1 aliphatic rings. The van der Waals surface area contributed by atoms with Crippen LogP contribution in [-0.4, -0.2) is 29.6 Å². The Morgan fingerprint density at radius 1 is 1.33 bits per heavy atom. The molecule has 0 saturated heterocycles. The molecule has 0 radical (unpaired) electrons. The summed E-state index contributed by atoms with van der Waals surface area (Å²) in [4.78, 5) is 16.9. The number of aryl methyl sites for hydroxylation is 1. The van der Waals surface area contributed by atoms with Crippen LogP contribution in [0.3, 0.4) is 0 Å². The van der Waals surface area contributed by atoms with E-state index in [4.69, 9.17) is 0 Å². The van der Waals surface area contributed by atoms with Crippen LogP contribution in [0.25, 0.3) is 5.65 Å². The lowest BCUT2D eigenvalue weighted by atomic mass is 10.3. The molecule has 0 N–H and O–H groups in total. The molecule has 3 heterocycles. The van der Waals surface area contributed by atoms with Crippen molar-refractivity contribution >= 4 is 17.4 Å². The molecule has 7 nitrogen and oxygen atoms in total. The SMILES string of the molecule is Cc1cccn2c(=O)cc(CSc3nnnn3C3CCCC3)nc12. The van der Waals surface area contributed by atoms with Gasteiger partial charge in [0.15, 0.2) is 0 Å². The maximum atomic E-state index is 12.3. The van der Waals surface area contributed by atoms with Crippen LogP contribution in [0.1, 0.15) is 43.0 Å². The first-order valence-electron chi connectivity index (χ1n) is 8.11. The zero-order valence-electron chi connectivity index (χ0n) is 13.4. The molecule has 124 valence electrons. The highest BCUT2D eigenvalue weighted by Crippen LogP contribution is 2.32. The number of aromatic nitrogens is 6. The van der Waals surface area contributed by atoms with Crippen molar-refractivity contribution in [1.29, 1.82) is 0 Å². The van der Waals surface area contributed by atoms with Crippen LogP contribution in [0.2, 0.25) is 0 Å². The second-order valence-corrected chi connectivity index (χ2v) is 7.05. The van der Waals surface area contributed by atoms with Gasteiger partial charge in [0.2, 0.25) is 5.16 Å². The van der Waals surface area contributed by atoms with Crippen LogP contribution in [0.5, 0.6) is 0 Å². The molecule has 3 aromatic rings. The van der Waals surface area contributed by atoms with E-state index in [1.807, 2.05) is 23.7 Å². The molecule has 1 saturated carbocycles. The predicted octanol–water partition coefficient (Wildman–Crippen LogP) is 2.40. The molecule has 1 aliphatic carbocycles. The molecule has 0 aliphatic heterocycles. The Morgan fingerprint density at radius 2 is 2.17 bits per heavy atom. The third kappa shape index (κ3) is 2.82. The summed E-state index contributed by atoms with van der Waals surface area (Å²) in [5.74, 6) is 0.577. The summed E-state index contributed by atoms with van der Waals surface area (Å²) in [7, 11) is 0. The number of hydrogen-bond acceptors (Lipinski definition) is 6. The van der Waals surface area contributed by atoms with E-state index in [2.05, 4.69) is 20.5 Å². The number of hydrogen-bond donors (Lipinski definition) is 0. The van der Waals surface area contributed by atoms with Gasteiger partial charge >= 0.3 is 0 Å². The minimum Gasteiger partial charge on any atom is -0.269 e. The van der Waals surface area contributed by atoms with E-state index in [9.17, 15) is 4.79 Å². The highest BCUT2D eigenvalue weighted by Gasteiger charge is 2.21. The van der Waals surface area contributed by atoms with Gasteiger partial charge in [-0.1, -0.05) is 30.7 Å². The highest BCUT2D eigenvalue weighted by molar-refractivity contribution is 7.98. The maximum absolute atomic E-state index is 12.3. The van der Waals surface area contributed by atoms with E-state index >= 15 is 0 Å². The minimum atomic E-state index is -0.0605. The summed E-state index contributed by atoms with van der Waals surface area (Å²) in [5, 5.41) is 12.9. The maximum Gasteiger partial charge on any atom is 0.258 e. The Kier molecular flexibility index (Phi) is 4.05. The second kappa shape index (κ2) is 6.35. The van der Waals surface area contributed by atoms with Gasteiger partial charge in [0.25, 0.3) is 5.56 Å². The number of fused-ring (bicyclic) bond motifs is 1. The lowest BCUT2D eigenvalue weighted by Crippen LogP contribution is -2.16. The van der Waals surface area contributed by atoms with Crippen LogP contribution in [-0.2, 0) is 5.75 Å². The average molecular weight is 342 g/mol. The summed E-state index contributed by atoms with van der Waals surface area (Å²) >= 11 is 1.53. The van der Waals surface area contributed by atoms with Gasteiger partial charge in [-0.2, -0.15) is 0 Å². The average Bonchev–Trinajstić information content (AvgIpc) is 3.25. The molecule has 0 amide bonds. The summed E-state index contributed by atoms with van der Waals surface area (Å²) in [6.07, 6.45) is 6.48. The number of nitrogens with zero attached hydrogens (tertiary/aromatic N) is 6. The highest BCUT2D eigenvalue weighted by atomic mass is 32.2. The van der Waals surface area contributed by atoms with Gasteiger partial charge in [-0.3, -0.25) is 9.20 Å². The number of tetrazole rings is 1. The standard InChI is InChI=1S/C16H18N6OS/c1-11-5-4-8-21-14(23)9-12(17-15(11)21)10-24-16-18-19-20-22(16)13-6-2-3-7-13/h4-5,8-9,13H,2-3,6-7,10H2,1H3. The van der Waals surface area contributed by atoms with E-state index in [1.165, 1.54) is 24.6 Å². The van der Waals surface area contributed by atoms with Crippen molar-refractivity contribution < 1.29 is 0 Å². The van der Waals surface area contributed by atoms with Crippen LogP contribution in [0.15, 0.2) is 34.3 Å². The Morgan fingerprint density at radius 3 is 3.00 bits per heavy atom. The Balaban J connectivity index is 1.58. The van der Waals surface area contributed by atoms with Crippen LogP contribution in [0, 0.1) is 6.92 Å². The summed E-state index contributed by atoms with van der Waals surface area (Å²) in [6.45, 7) is 1.96. The fraction of sp³-hybridized carbons (Fsp3) is 0.438. The molecular formula is C16H18N6OS. The van der Waals surface area contributed by atoms with E-state index in [-0.39, 0.29) is 5.56 Å². The van der Waals surface area contributed by atoms with Crippen molar-refractivity contribution in [2.75, 3.05) is 0 Å². The first-order valence-corrected chi connectivity index (χ1v) is 9.09. The predicted molar refractivity (Wildman–Crippen MR) is 91.1 cm³/mol. The molecule has 0 atom stereocenters. The van der Waals surface area contributed by atoms with Gasteiger partial charge in [0.1, 0.15) is 5.65 Å². The molecule has 0 aromatic carbocycles. The fourth-order valence-corrected chi connectivity index (χ4v) is 4.02. The largest absolute Gasteiger partial charge is 0.269 e. The van der Waals surface area contributed by atoms with E-state index in [1.54, 1.807) is 16.7 Å². The third-order valence-corrected chi connectivity index (χ3v) is 5.39. The molecule has 4 rings (SSSR count). The van der Waals surface area contributed by atoms with Crippen molar-refractivity contribution in [2.45, 2.75) is 49.6 Å². The minimum absolute atomic E-state index is 0.0605. The molecule has 0 spiro atoms.